The van der Waals surface area contributed by atoms with Gasteiger partial charge in [-0.2, -0.15) is 10.1 Å². The molecule has 7 rings (SSSR count). The molecule has 2 atom stereocenters. The van der Waals surface area contributed by atoms with Gasteiger partial charge >= 0.3 is 6.01 Å². The summed E-state index contributed by atoms with van der Waals surface area (Å²) in [5.74, 6) is -0.289. The van der Waals surface area contributed by atoms with Crippen molar-refractivity contribution in [1.29, 1.82) is 0 Å². The fourth-order valence-electron chi connectivity index (χ4n) is 6.33. The summed E-state index contributed by atoms with van der Waals surface area (Å²) in [6.07, 6.45) is 4.44. The summed E-state index contributed by atoms with van der Waals surface area (Å²) in [6.45, 7) is 11.5. The van der Waals surface area contributed by atoms with Gasteiger partial charge in [-0.25, -0.2) is 9.37 Å². The van der Waals surface area contributed by atoms with Crippen LogP contribution in [0.3, 0.4) is 0 Å². The number of rotatable bonds is 7. The predicted octanol–water partition coefficient (Wildman–Crippen LogP) is 3.09. The Balaban J connectivity index is 0.000000211. The van der Waals surface area contributed by atoms with Crippen molar-refractivity contribution in [2.75, 3.05) is 69.8 Å². The smallest absolute Gasteiger partial charge is 0.316 e. The molecule has 2 aromatic heterocycles. The Morgan fingerprint density at radius 3 is 2.63 bits per heavy atom. The summed E-state index contributed by atoms with van der Waals surface area (Å²) >= 11 is 0. The topological polar surface area (TPSA) is 110 Å². The maximum absolute atomic E-state index is 13.3. The van der Waals surface area contributed by atoms with Crippen LogP contribution in [0, 0.1) is 11.2 Å². The molecule has 0 bridgehead atoms. The molecule has 3 aliphatic rings. The Morgan fingerprint density at radius 2 is 1.95 bits per heavy atom. The van der Waals surface area contributed by atoms with Crippen LogP contribution in [0.2, 0.25) is 0 Å². The van der Waals surface area contributed by atoms with Gasteiger partial charge in [-0.1, -0.05) is 0 Å². The van der Waals surface area contributed by atoms with Gasteiger partial charge in [-0.05, 0) is 38.1 Å². The van der Waals surface area contributed by atoms with E-state index in [1.807, 2.05) is 18.2 Å². The van der Waals surface area contributed by atoms with Gasteiger partial charge in [-0.3, -0.25) is 14.4 Å². The first-order chi connectivity index (χ1) is 20.8. The van der Waals surface area contributed by atoms with E-state index in [0.717, 1.165) is 74.4 Å². The highest BCUT2D eigenvalue weighted by Gasteiger charge is 2.48. The second-order valence-corrected chi connectivity index (χ2v) is 12.1. The molecule has 0 saturated carbocycles. The van der Waals surface area contributed by atoms with E-state index in [9.17, 15) is 9.18 Å². The molecule has 4 aromatic rings. The molecule has 43 heavy (non-hydrogen) atoms. The SMILES string of the molecule is CC1CN(c2ccc(C=O)c3nc(OCCN4CC5(COC5)C4)ncc23)CC(C)N1.CNc1cc(F)c2nn(C)cc2c1. The van der Waals surface area contributed by atoms with Crippen LogP contribution in [-0.2, 0) is 11.8 Å². The number of likely N-dealkylation sites (tertiary alicyclic amines) is 1. The molecule has 0 aliphatic carbocycles. The number of hydrogen-bond donors (Lipinski definition) is 2. The van der Waals surface area contributed by atoms with Crippen LogP contribution in [0.5, 0.6) is 6.01 Å². The van der Waals surface area contributed by atoms with E-state index in [-0.39, 0.29) is 5.82 Å². The normalized spacial score (nSPS) is 21.2. The number of fused-ring (bicyclic) bond motifs is 2. The number of halogens is 1. The number of anilines is 2. The van der Waals surface area contributed by atoms with E-state index in [1.54, 1.807) is 31.2 Å². The van der Waals surface area contributed by atoms with E-state index in [0.29, 0.717) is 46.7 Å². The van der Waals surface area contributed by atoms with Gasteiger partial charge in [0.2, 0.25) is 0 Å². The summed E-state index contributed by atoms with van der Waals surface area (Å²) in [6, 6.07) is 8.27. The Hall–Kier alpha value is -3.87. The predicted molar refractivity (Wildman–Crippen MR) is 165 cm³/mol. The highest BCUT2D eigenvalue weighted by molar-refractivity contribution is 6.01. The summed E-state index contributed by atoms with van der Waals surface area (Å²) < 4.78 is 26.1. The molecule has 2 aromatic carbocycles. The molecule has 2 N–H and O–H groups in total. The molecule has 0 amide bonds. The first-order valence-corrected chi connectivity index (χ1v) is 14.8. The first-order valence-electron chi connectivity index (χ1n) is 14.8. The number of benzene rings is 2. The minimum atomic E-state index is -0.289. The maximum Gasteiger partial charge on any atom is 0.316 e. The van der Waals surface area contributed by atoms with Gasteiger partial charge in [0.1, 0.15) is 12.1 Å². The Morgan fingerprint density at radius 1 is 1.19 bits per heavy atom. The largest absolute Gasteiger partial charge is 0.462 e. The van der Waals surface area contributed by atoms with Gasteiger partial charge < -0.3 is 25.0 Å². The average molecular weight is 591 g/mol. The van der Waals surface area contributed by atoms with Gasteiger partial charge in [0.05, 0.1) is 18.7 Å². The van der Waals surface area contributed by atoms with Crippen molar-refractivity contribution in [2.45, 2.75) is 25.9 Å². The number of piperazine rings is 1. The van der Waals surface area contributed by atoms with E-state index >= 15 is 0 Å². The second kappa shape index (κ2) is 12.0. The van der Waals surface area contributed by atoms with Crippen molar-refractivity contribution in [3.63, 3.8) is 0 Å². The van der Waals surface area contributed by atoms with Crippen LogP contribution < -0.4 is 20.3 Å². The number of carbonyl (C=O) groups is 1. The lowest BCUT2D eigenvalue weighted by Crippen LogP contribution is -2.66. The molecule has 0 radical (unpaired) electrons. The zero-order chi connectivity index (χ0) is 30.1. The fourth-order valence-corrected chi connectivity index (χ4v) is 6.33. The number of nitrogens with one attached hydrogen (secondary N) is 2. The minimum absolute atomic E-state index is 0.289. The van der Waals surface area contributed by atoms with Gasteiger partial charge in [0.25, 0.3) is 0 Å². The van der Waals surface area contributed by atoms with Crippen molar-refractivity contribution < 1.29 is 18.7 Å². The van der Waals surface area contributed by atoms with E-state index in [1.165, 1.54) is 6.07 Å². The molecule has 5 heterocycles. The number of aldehydes is 1. The van der Waals surface area contributed by atoms with Crippen LogP contribution in [0.4, 0.5) is 15.8 Å². The minimum Gasteiger partial charge on any atom is -0.462 e. The highest BCUT2D eigenvalue weighted by Crippen LogP contribution is 2.37. The lowest BCUT2D eigenvalue weighted by atomic mass is 9.78. The Bertz CT molecular complexity index is 1610. The molecule has 228 valence electrons. The zero-order valence-corrected chi connectivity index (χ0v) is 25.1. The first kappa shape index (κ1) is 29.2. The average Bonchev–Trinajstić information content (AvgIpc) is 3.33. The van der Waals surface area contributed by atoms with Crippen molar-refractivity contribution in [1.82, 2.24) is 30.0 Å². The lowest BCUT2D eigenvalue weighted by molar-refractivity contribution is -0.189. The Labute approximate surface area is 250 Å². The van der Waals surface area contributed by atoms with Crippen LogP contribution in [0.1, 0.15) is 24.2 Å². The molecule has 3 saturated heterocycles. The molecular weight excluding hydrogens is 551 g/mol. The second-order valence-electron chi connectivity index (χ2n) is 12.1. The van der Waals surface area contributed by atoms with Gasteiger partial charge in [-0.15, -0.1) is 0 Å². The quantitative estimate of drug-likeness (QED) is 0.312. The molecule has 1 spiro atoms. The van der Waals surface area contributed by atoms with Crippen molar-refractivity contribution in [3.05, 3.63) is 48.0 Å². The van der Waals surface area contributed by atoms with Gasteiger partial charge in [0, 0.05) is 104 Å². The summed E-state index contributed by atoms with van der Waals surface area (Å²) in [7, 11) is 3.54. The van der Waals surface area contributed by atoms with Crippen molar-refractivity contribution in [2.24, 2.45) is 12.5 Å². The lowest BCUT2D eigenvalue weighted by Gasteiger charge is -2.55. The molecule has 12 heteroatoms. The van der Waals surface area contributed by atoms with Gasteiger partial charge in [0.15, 0.2) is 12.1 Å². The van der Waals surface area contributed by atoms with Crippen molar-refractivity contribution >= 4 is 39.5 Å². The third-order valence-electron chi connectivity index (χ3n) is 8.30. The molecule has 3 aliphatic heterocycles. The zero-order valence-electron chi connectivity index (χ0n) is 25.1. The Kier molecular flexibility index (Phi) is 8.17. The van der Waals surface area contributed by atoms with Crippen LogP contribution in [0.15, 0.2) is 36.7 Å². The monoisotopic (exact) mass is 590 g/mol. The fraction of sp³-hybridized carbons (Fsp3) is 0.484. The number of aryl methyl sites for hydroxylation is 1. The van der Waals surface area contributed by atoms with Crippen molar-refractivity contribution in [3.8, 4) is 6.01 Å². The van der Waals surface area contributed by atoms with E-state index in [2.05, 4.69) is 49.3 Å². The molecule has 11 nitrogen and oxygen atoms in total. The number of aromatic nitrogens is 4. The van der Waals surface area contributed by atoms with Crippen LogP contribution >= 0.6 is 0 Å². The molecular formula is C31H39FN8O3. The van der Waals surface area contributed by atoms with E-state index in [4.69, 9.17) is 9.47 Å². The van der Waals surface area contributed by atoms with E-state index < -0.39 is 0 Å². The maximum atomic E-state index is 13.3. The number of nitrogens with zero attached hydrogens (tertiary/aromatic N) is 6. The summed E-state index contributed by atoms with van der Waals surface area (Å²) in [4.78, 5) is 25.4. The molecule has 3 fully saturated rings. The summed E-state index contributed by atoms with van der Waals surface area (Å²) in [5.41, 5.74) is 3.87. The number of hydrogen-bond acceptors (Lipinski definition) is 10. The molecule has 2 unspecified atom stereocenters. The standard InChI is InChI=1S/C22H29N5O3.C9H10FN3/c1-15-8-27(9-16(2)24-15)19-4-3-17(10-28)20-18(19)7-23-21(25-20)30-6-5-26-11-22(12-26)13-29-14-22;1-11-7-3-6-5-13(2)12-9(6)8(10)4-7/h3-4,7,10,15-16,24H,5-6,8-9,11-14H2,1-2H3;3-5,11H,1-2H3. The summed E-state index contributed by atoms with van der Waals surface area (Å²) in [5, 5.41) is 12.2. The third-order valence-corrected chi connectivity index (χ3v) is 8.30. The third kappa shape index (κ3) is 6.13. The highest BCUT2D eigenvalue weighted by atomic mass is 19.1. The van der Waals surface area contributed by atoms with Crippen LogP contribution in [0.25, 0.3) is 21.8 Å². The van der Waals surface area contributed by atoms with Crippen LogP contribution in [-0.4, -0.2) is 103 Å². The number of carbonyl (C=O) groups excluding carboxylic acids is 1. The number of ether oxygens (including phenoxy) is 2.